The first-order valence-electron chi connectivity index (χ1n) is 8.22. The highest BCUT2D eigenvalue weighted by molar-refractivity contribution is 5.76. The third kappa shape index (κ3) is 4.20. The number of piperazine rings is 1. The smallest absolute Gasteiger partial charge is 0.222 e. The van der Waals surface area contributed by atoms with Crippen molar-refractivity contribution in [1.82, 2.24) is 9.80 Å². The van der Waals surface area contributed by atoms with Crippen LogP contribution in [0.15, 0.2) is 0 Å². The molecule has 1 atom stereocenters. The van der Waals surface area contributed by atoms with Gasteiger partial charge in [-0.1, -0.05) is 32.6 Å². The molecule has 0 N–H and O–H groups in total. The molecule has 2 rings (SSSR count). The summed E-state index contributed by atoms with van der Waals surface area (Å²) in [5, 5.41) is 0. The molecule has 19 heavy (non-hydrogen) atoms. The summed E-state index contributed by atoms with van der Waals surface area (Å²) in [4.78, 5) is 16.8. The van der Waals surface area contributed by atoms with Crippen molar-refractivity contribution in [2.75, 3.05) is 26.2 Å². The first-order chi connectivity index (χ1) is 9.20. The van der Waals surface area contributed by atoms with Crippen LogP contribution in [-0.2, 0) is 4.79 Å². The quantitative estimate of drug-likeness (QED) is 0.764. The molecule has 1 aliphatic heterocycles. The van der Waals surface area contributed by atoms with Crippen LogP contribution in [0.2, 0.25) is 0 Å². The van der Waals surface area contributed by atoms with Crippen LogP contribution in [0.4, 0.5) is 0 Å². The van der Waals surface area contributed by atoms with Gasteiger partial charge in [0, 0.05) is 38.6 Å². The molecule has 0 radical (unpaired) electrons. The molecule has 0 aromatic carbocycles. The fourth-order valence-corrected chi connectivity index (χ4v) is 3.46. The number of carbonyl (C=O) groups excluding carboxylic acids is 1. The van der Waals surface area contributed by atoms with Crippen LogP contribution < -0.4 is 0 Å². The molecule has 1 aliphatic carbocycles. The number of carbonyl (C=O) groups is 1. The van der Waals surface area contributed by atoms with Crippen molar-refractivity contribution in [3.8, 4) is 0 Å². The van der Waals surface area contributed by atoms with Gasteiger partial charge in [0.25, 0.3) is 0 Å². The minimum atomic E-state index is 0.399. The van der Waals surface area contributed by atoms with Crippen molar-refractivity contribution in [2.24, 2.45) is 5.92 Å². The van der Waals surface area contributed by atoms with E-state index in [0.29, 0.717) is 11.9 Å². The van der Waals surface area contributed by atoms with Crippen LogP contribution in [0, 0.1) is 5.92 Å². The van der Waals surface area contributed by atoms with E-state index in [9.17, 15) is 4.79 Å². The number of nitrogens with zero attached hydrogens (tertiary/aromatic N) is 2. The Labute approximate surface area is 118 Å². The molecule has 1 saturated carbocycles. The lowest BCUT2D eigenvalue weighted by Gasteiger charge is -2.38. The van der Waals surface area contributed by atoms with Gasteiger partial charge in [0.05, 0.1) is 0 Å². The van der Waals surface area contributed by atoms with Crippen molar-refractivity contribution in [3.05, 3.63) is 0 Å². The summed E-state index contributed by atoms with van der Waals surface area (Å²) in [6.07, 6.45) is 8.59. The van der Waals surface area contributed by atoms with E-state index in [2.05, 4.69) is 23.6 Å². The molecule has 0 aromatic heterocycles. The highest BCUT2D eigenvalue weighted by Crippen LogP contribution is 2.28. The zero-order valence-corrected chi connectivity index (χ0v) is 12.7. The number of amides is 1. The molecule has 3 nitrogen and oxygen atoms in total. The molecule has 1 heterocycles. The van der Waals surface area contributed by atoms with E-state index in [1.54, 1.807) is 0 Å². The molecule has 0 spiro atoms. The first-order valence-corrected chi connectivity index (χ1v) is 8.22. The molecular formula is C16H30N2O. The molecule has 0 aromatic rings. The van der Waals surface area contributed by atoms with Gasteiger partial charge in [-0.2, -0.15) is 0 Å². The van der Waals surface area contributed by atoms with Gasteiger partial charge in [-0.05, 0) is 25.7 Å². The Bertz CT molecular complexity index is 278. The third-order valence-corrected chi connectivity index (χ3v) is 5.12. The Balaban J connectivity index is 1.67. The standard InChI is InChI=1S/C16H30N2O/c1-3-14(2)17-10-12-18(13-11-17)16(19)9-8-15-6-4-5-7-15/h14-15H,3-13H2,1-2H3. The minimum absolute atomic E-state index is 0.399. The predicted octanol–water partition coefficient (Wildman–Crippen LogP) is 2.90. The highest BCUT2D eigenvalue weighted by atomic mass is 16.2. The van der Waals surface area contributed by atoms with Crippen LogP contribution in [0.5, 0.6) is 0 Å². The van der Waals surface area contributed by atoms with Crippen molar-refractivity contribution in [2.45, 2.75) is 64.8 Å². The SMILES string of the molecule is CCC(C)N1CCN(C(=O)CCC2CCCC2)CC1. The largest absolute Gasteiger partial charge is 0.340 e. The van der Waals surface area contributed by atoms with E-state index in [4.69, 9.17) is 0 Å². The Morgan fingerprint density at radius 3 is 2.37 bits per heavy atom. The second-order valence-electron chi connectivity index (χ2n) is 6.36. The molecule has 1 saturated heterocycles. The minimum Gasteiger partial charge on any atom is -0.340 e. The molecule has 2 aliphatic rings. The van der Waals surface area contributed by atoms with Crippen molar-refractivity contribution < 1.29 is 4.79 Å². The van der Waals surface area contributed by atoms with Gasteiger partial charge >= 0.3 is 0 Å². The van der Waals surface area contributed by atoms with Gasteiger partial charge in [0.2, 0.25) is 5.91 Å². The maximum atomic E-state index is 12.2. The van der Waals surface area contributed by atoms with Gasteiger partial charge < -0.3 is 4.90 Å². The lowest BCUT2D eigenvalue weighted by molar-refractivity contribution is -0.133. The molecule has 3 heteroatoms. The lowest BCUT2D eigenvalue weighted by Crippen LogP contribution is -2.51. The summed E-state index contributed by atoms with van der Waals surface area (Å²) in [7, 11) is 0. The van der Waals surface area contributed by atoms with E-state index >= 15 is 0 Å². The average molecular weight is 266 g/mol. The highest BCUT2D eigenvalue weighted by Gasteiger charge is 2.24. The lowest BCUT2D eigenvalue weighted by atomic mass is 10.0. The summed E-state index contributed by atoms with van der Waals surface area (Å²) in [5.41, 5.74) is 0. The molecule has 110 valence electrons. The van der Waals surface area contributed by atoms with E-state index in [0.717, 1.165) is 44.9 Å². The Hall–Kier alpha value is -0.570. The van der Waals surface area contributed by atoms with E-state index < -0.39 is 0 Å². The summed E-state index contributed by atoms with van der Waals surface area (Å²) < 4.78 is 0. The number of hydrogen-bond acceptors (Lipinski definition) is 2. The Morgan fingerprint density at radius 1 is 1.16 bits per heavy atom. The van der Waals surface area contributed by atoms with Gasteiger partial charge in [-0.3, -0.25) is 9.69 Å². The van der Waals surface area contributed by atoms with Crippen molar-refractivity contribution in [1.29, 1.82) is 0 Å². The predicted molar refractivity (Wildman–Crippen MR) is 79.1 cm³/mol. The first kappa shape index (κ1) is 14.8. The summed E-state index contributed by atoms with van der Waals surface area (Å²) in [6.45, 7) is 8.53. The topological polar surface area (TPSA) is 23.6 Å². The summed E-state index contributed by atoms with van der Waals surface area (Å²) in [5.74, 6) is 1.24. The fraction of sp³-hybridized carbons (Fsp3) is 0.938. The summed E-state index contributed by atoms with van der Waals surface area (Å²) in [6, 6.07) is 0.663. The Morgan fingerprint density at radius 2 is 1.79 bits per heavy atom. The molecule has 2 fully saturated rings. The molecule has 0 bridgehead atoms. The molecule has 1 amide bonds. The number of hydrogen-bond donors (Lipinski definition) is 0. The monoisotopic (exact) mass is 266 g/mol. The van der Waals surface area contributed by atoms with Crippen molar-refractivity contribution in [3.63, 3.8) is 0 Å². The fourth-order valence-electron chi connectivity index (χ4n) is 3.46. The maximum Gasteiger partial charge on any atom is 0.222 e. The summed E-state index contributed by atoms with van der Waals surface area (Å²) >= 11 is 0. The second-order valence-corrected chi connectivity index (χ2v) is 6.36. The van der Waals surface area contributed by atoms with Crippen LogP contribution >= 0.6 is 0 Å². The van der Waals surface area contributed by atoms with Crippen LogP contribution in [0.1, 0.15) is 58.8 Å². The average Bonchev–Trinajstić information content (AvgIpc) is 2.97. The second kappa shape index (κ2) is 7.28. The number of rotatable bonds is 5. The van der Waals surface area contributed by atoms with E-state index in [1.165, 1.54) is 32.1 Å². The van der Waals surface area contributed by atoms with Crippen LogP contribution in [0.25, 0.3) is 0 Å². The van der Waals surface area contributed by atoms with Gasteiger partial charge in [0.1, 0.15) is 0 Å². The van der Waals surface area contributed by atoms with Gasteiger partial charge in [-0.25, -0.2) is 0 Å². The molecule has 1 unspecified atom stereocenters. The van der Waals surface area contributed by atoms with E-state index in [-0.39, 0.29) is 0 Å². The zero-order valence-electron chi connectivity index (χ0n) is 12.7. The zero-order chi connectivity index (χ0) is 13.7. The Kier molecular flexibility index (Phi) is 5.68. The van der Waals surface area contributed by atoms with E-state index in [1.807, 2.05) is 0 Å². The maximum absolute atomic E-state index is 12.2. The van der Waals surface area contributed by atoms with Crippen LogP contribution in [-0.4, -0.2) is 47.9 Å². The van der Waals surface area contributed by atoms with Gasteiger partial charge in [-0.15, -0.1) is 0 Å². The third-order valence-electron chi connectivity index (χ3n) is 5.12. The van der Waals surface area contributed by atoms with Crippen molar-refractivity contribution >= 4 is 5.91 Å². The van der Waals surface area contributed by atoms with Crippen LogP contribution in [0.3, 0.4) is 0 Å². The molecular weight excluding hydrogens is 236 g/mol. The normalized spacial score (nSPS) is 23.8. The van der Waals surface area contributed by atoms with Gasteiger partial charge in [0.15, 0.2) is 0 Å².